The summed E-state index contributed by atoms with van der Waals surface area (Å²) in [5.74, 6) is 0. The molecule has 0 amide bonds. The molecule has 0 fully saturated rings. The van der Waals surface area contributed by atoms with Crippen molar-refractivity contribution in [2.45, 2.75) is 13.3 Å². The van der Waals surface area contributed by atoms with Crippen molar-refractivity contribution in [2.24, 2.45) is 0 Å². The van der Waals surface area contributed by atoms with Gasteiger partial charge in [-0.05, 0) is 35.3 Å². The summed E-state index contributed by atoms with van der Waals surface area (Å²) >= 11 is 0. The van der Waals surface area contributed by atoms with Gasteiger partial charge in [0.2, 0.25) is 0 Å². The van der Waals surface area contributed by atoms with Gasteiger partial charge in [0.1, 0.15) is 0 Å². The van der Waals surface area contributed by atoms with Crippen molar-refractivity contribution in [3.05, 3.63) is 59.9 Å². The van der Waals surface area contributed by atoms with Crippen LogP contribution in [0.5, 0.6) is 0 Å². The predicted octanol–water partition coefficient (Wildman–Crippen LogP) is 3.84. The molecule has 0 saturated carbocycles. The second-order valence-electron chi connectivity index (χ2n) is 3.83. The van der Waals surface area contributed by atoms with Gasteiger partial charge in [0.25, 0.3) is 0 Å². The van der Waals surface area contributed by atoms with Gasteiger partial charge in [-0.2, -0.15) is 0 Å². The molecule has 0 aliphatic heterocycles. The highest BCUT2D eigenvalue weighted by Crippen LogP contribution is 2.17. The van der Waals surface area contributed by atoms with Crippen LogP contribution in [0.3, 0.4) is 0 Å². The molecule has 1 N–H and O–H groups in total. The number of hydrogen-bond acceptors (Lipinski definition) is 1. The van der Waals surface area contributed by atoms with E-state index < -0.39 is 0 Å². The van der Waals surface area contributed by atoms with Gasteiger partial charge in [0, 0.05) is 0 Å². The normalized spacial score (nSPS) is 11.9. The molecular weight excluding hydrogens is 184 g/mol. The van der Waals surface area contributed by atoms with E-state index in [1.165, 1.54) is 22.6 Å². The fourth-order valence-corrected chi connectivity index (χ4v) is 1.72. The number of rotatable bonds is 2. The SMILES string of the molecule is C/C(=C\O)Cc1ccc2ccccc2c1. The standard InChI is InChI=1S/C14H14O/c1-11(10-15)8-12-6-7-13-4-2-3-5-14(13)9-12/h2-7,9-10,15H,8H2,1H3/b11-10+. The zero-order chi connectivity index (χ0) is 10.7. The Morgan fingerprint density at radius 1 is 1.13 bits per heavy atom. The summed E-state index contributed by atoms with van der Waals surface area (Å²) in [4.78, 5) is 0. The van der Waals surface area contributed by atoms with Gasteiger partial charge in [-0.3, -0.25) is 0 Å². The van der Waals surface area contributed by atoms with E-state index in [4.69, 9.17) is 5.11 Å². The van der Waals surface area contributed by atoms with Crippen molar-refractivity contribution in [2.75, 3.05) is 0 Å². The zero-order valence-electron chi connectivity index (χ0n) is 8.77. The maximum atomic E-state index is 8.85. The minimum atomic E-state index is 0.807. The number of allylic oxidation sites excluding steroid dienone is 1. The molecule has 0 spiro atoms. The second-order valence-corrected chi connectivity index (χ2v) is 3.83. The van der Waals surface area contributed by atoms with Crippen molar-refractivity contribution >= 4 is 10.8 Å². The molecule has 1 heteroatoms. The van der Waals surface area contributed by atoms with Crippen molar-refractivity contribution in [1.29, 1.82) is 0 Å². The van der Waals surface area contributed by atoms with E-state index in [0.717, 1.165) is 12.0 Å². The smallest absolute Gasteiger partial charge is 0.0784 e. The number of aliphatic hydroxyl groups is 1. The van der Waals surface area contributed by atoms with Crippen LogP contribution in [-0.2, 0) is 6.42 Å². The van der Waals surface area contributed by atoms with Gasteiger partial charge in [0.15, 0.2) is 0 Å². The number of fused-ring (bicyclic) bond motifs is 1. The Balaban J connectivity index is 2.39. The third kappa shape index (κ3) is 2.18. The van der Waals surface area contributed by atoms with Gasteiger partial charge >= 0.3 is 0 Å². The average Bonchev–Trinajstić information content (AvgIpc) is 2.29. The summed E-state index contributed by atoms with van der Waals surface area (Å²) in [6.45, 7) is 1.93. The Labute approximate surface area is 89.7 Å². The topological polar surface area (TPSA) is 20.2 Å². The first kappa shape index (κ1) is 9.78. The molecule has 0 atom stereocenters. The van der Waals surface area contributed by atoms with E-state index in [9.17, 15) is 0 Å². The first-order valence-corrected chi connectivity index (χ1v) is 5.07. The van der Waals surface area contributed by atoms with Crippen LogP contribution >= 0.6 is 0 Å². The molecule has 0 aliphatic rings. The molecule has 2 aromatic rings. The van der Waals surface area contributed by atoms with Crippen molar-refractivity contribution in [3.63, 3.8) is 0 Å². The van der Waals surface area contributed by atoms with E-state index in [0.29, 0.717) is 0 Å². The molecule has 15 heavy (non-hydrogen) atoms. The van der Waals surface area contributed by atoms with Crippen LogP contribution in [0.2, 0.25) is 0 Å². The molecule has 2 rings (SSSR count). The second kappa shape index (κ2) is 4.18. The molecule has 0 radical (unpaired) electrons. The van der Waals surface area contributed by atoms with E-state index in [1.54, 1.807) is 0 Å². The van der Waals surface area contributed by atoms with Crippen molar-refractivity contribution in [3.8, 4) is 0 Å². The van der Waals surface area contributed by atoms with E-state index in [1.807, 2.05) is 19.1 Å². The molecule has 0 saturated heterocycles. The third-order valence-electron chi connectivity index (χ3n) is 2.52. The minimum absolute atomic E-state index is 0.807. The molecule has 2 aromatic carbocycles. The van der Waals surface area contributed by atoms with E-state index in [-0.39, 0.29) is 0 Å². The Bertz CT molecular complexity index is 497. The van der Waals surface area contributed by atoms with Crippen molar-refractivity contribution < 1.29 is 5.11 Å². The summed E-state index contributed by atoms with van der Waals surface area (Å²) in [5.41, 5.74) is 2.21. The molecule has 1 nitrogen and oxygen atoms in total. The highest BCUT2D eigenvalue weighted by Gasteiger charge is 1.97. The highest BCUT2D eigenvalue weighted by molar-refractivity contribution is 5.83. The zero-order valence-corrected chi connectivity index (χ0v) is 8.77. The van der Waals surface area contributed by atoms with E-state index in [2.05, 4.69) is 30.3 Å². The van der Waals surface area contributed by atoms with Crippen LogP contribution in [0, 0.1) is 0 Å². The first-order chi connectivity index (χ1) is 7.29. The van der Waals surface area contributed by atoms with Gasteiger partial charge < -0.3 is 5.11 Å². The maximum absolute atomic E-state index is 8.85. The Morgan fingerprint density at radius 3 is 2.60 bits per heavy atom. The van der Waals surface area contributed by atoms with Crippen LogP contribution in [0.1, 0.15) is 12.5 Å². The Kier molecular flexibility index (Phi) is 2.72. The number of hydrogen-bond donors (Lipinski definition) is 1. The fourth-order valence-electron chi connectivity index (χ4n) is 1.72. The number of aliphatic hydroxyl groups excluding tert-OH is 1. The Hall–Kier alpha value is -1.76. The molecule has 0 unspecified atom stereocenters. The van der Waals surface area contributed by atoms with Crippen LogP contribution in [0.15, 0.2) is 54.3 Å². The summed E-state index contributed by atoms with van der Waals surface area (Å²) in [6.07, 6.45) is 1.98. The van der Waals surface area contributed by atoms with Gasteiger partial charge in [-0.15, -0.1) is 0 Å². The summed E-state index contributed by atoms with van der Waals surface area (Å²) < 4.78 is 0. The van der Waals surface area contributed by atoms with E-state index >= 15 is 0 Å². The van der Waals surface area contributed by atoms with Crippen LogP contribution in [-0.4, -0.2) is 5.11 Å². The van der Waals surface area contributed by atoms with Gasteiger partial charge in [-0.25, -0.2) is 0 Å². The lowest BCUT2D eigenvalue weighted by Crippen LogP contribution is -1.86. The molecule has 0 aromatic heterocycles. The van der Waals surface area contributed by atoms with Crippen LogP contribution in [0.4, 0.5) is 0 Å². The number of benzene rings is 2. The Morgan fingerprint density at radius 2 is 1.87 bits per heavy atom. The molecular formula is C14H14O. The van der Waals surface area contributed by atoms with Gasteiger partial charge in [0.05, 0.1) is 6.26 Å². The summed E-state index contributed by atoms with van der Waals surface area (Å²) in [7, 11) is 0. The highest BCUT2D eigenvalue weighted by atomic mass is 16.2. The largest absolute Gasteiger partial charge is 0.516 e. The summed E-state index contributed by atoms with van der Waals surface area (Å²) in [6, 6.07) is 14.7. The summed E-state index contributed by atoms with van der Waals surface area (Å²) in [5, 5.41) is 11.4. The van der Waals surface area contributed by atoms with Crippen molar-refractivity contribution in [1.82, 2.24) is 0 Å². The molecule has 0 aliphatic carbocycles. The molecule has 0 bridgehead atoms. The molecule has 0 heterocycles. The minimum Gasteiger partial charge on any atom is -0.516 e. The molecule has 76 valence electrons. The average molecular weight is 198 g/mol. The maximum Gasteiger partial charge on any atom is 0.0784 e. The lowest BCUT2D eigenvalue weighted by Gasteiger charge is -2.03. The third-order valence-corrected chi connectivity index (χ3v) is 2.52. The monoisotopic (exact) mass is 198 g/mol. The predicted molar refractivity (Wildman–Crippen MR) is 64.0 cm³/mol. The lowest BCUT2D eigenvalue weighted by atomic mass is 10.0. The van der Waals surface area contributed by atoms with Crippen LogP contribution in [0.25, 0.3) is 10.8 Å². The fraction of sp³-hybridized carbons (Fsp3) is 0.143. The first-order valence-electron chi connectivity index (χ1n) is 5.07. The lowest BCUT2D eigenvalue weighted by molar-refractivity contribution is 0.466. The quantitative estimate of drug-likeness (QED) is 0.727. The van der Waals surface area contributed by atoms with Crippen LogP contribution < -0.4 is 0 Å². The van der Waals surface area contributed by atoms with Gasteiger partial charge in [-0.1, -0.05) is 42.5 Å².